The molecule has 1 heterocycles. The minimum absolute atomic E-state index is 0.0290. The first-order valence-electron chi connectivity index (χ1n) is 7.75. The smallest absolute Gasteiger partial charge is 0.123 e. The quantitative estimate of drug-likeness (QED) is 0.917. The van der Waals surface area contributed by atoms with Gasteiger partial charge in [-0.15, -0.1) is 0 Å². The Morgan fingerprint density at radius 3 is 2.81 bits per heavy atom. The molecule has 1 atom stereocenters. The highest BCUT2D eigenvalue weighted by Crippen LogP contribution is 2.28. The van der Waals surface area contributed by atoms with Crippen molar-refractivity contribution in [1.82, 2.24) is 9.78 Å². The number of hydrogen-bond acceptors (Lipinski definition) is 2. The van der Waals surface area contributed by atoms with Crippen molar-refractivity contribution in [2.45, 2.75) is 50.6 Å². The number of hydrogen-bond donors (Lipinski definition) is 1. The molecule has 4 heteroatoms. The third-order valence-corrected chi connectivity index (χ3v) is 4.22. The Kier molecular flexibility index (Phi) is 4.34. The molecule has 21 heavy (non-hydrogen) atoms. The summed E-state index contributed by atoms with van der Waals surface area (Å²) in [6, 6.07) is 9.25. The third-order valence-electron chi connectivity index (χ3n) is 4.22. The molecule has 2 N–H and O–H groups in total. The molecule has 1 unspecified atom stereocenters. The lowest BCUT2D eigenvalue weighted by atomic mass is 10.0. The summed E-state index contributed by atoms with van der Waals surface area (Å²) in [5.74, 6) is -0.204. The van der Waals surface area contributed by atoms with E-state index in [4.69, 9.17) is 5.73 Å². The van der Waals surface area contributed by atoms with Gasteiger partial charge in [0.05, 0.1) is 11.7 Å². The van der Waals surface area contributed by atoms with Crippen LogP contribution in [0.5, 0.6) is 0 Å². The largest absolute Gasteiger partial charge is 0.327 e. The van der Waals surface area contributed by atoms with Gasteiger partial charge in [-0.05, 0) is 43.0 Å². The monoisotopic (exact) mass is 287 g/mol. The van der Waals surface area contributed by atoms with Crippen LogP contribution in [-0.4, -0.2) is 15.8 Å². The molecule has 3 rings (SSSR count). The predicted octanol–water partition coefficient (Wildman–Crippen LogP) is 3.25. The molecule has 0 spiro atoms. The highest BCUT2D eigenvalue weighted by atomic mass is 19.1. The lowest BCUT2D eigenvalue weighted by Gasteiger charge is -2.11. The molecule has 0 bridgehead atoms. The molecule has 0 radical (unpaired) electrons. The van der Waals surface area contributed by atoms with E-state index in [1.54, 1.807) is 12.1 Å². The number of aromatic nitrogens is 2. The molecule has 0 aliphatic heterocycles. The second kappa shape index (κ2) is 6.39. The van der Waals surface area contributed by atoms with Gasteiger partial charge in [0.25, 0.3) is 0 Å². The maximum Gasteiger partial charge on any atom is 0.123 e. The lowest BCUT2D eigenvalue weighted by molar-refractivity contribution is 0.461. The molecule has 1 aromatic carbocycles. The maximum atomic E-state index is 13.2. The van der Waals surface area contributed by atoms with Crippen molar-refractivity contribution in [1.29, 1.82) is 0 Å². The van der Waals surface area contributed by atoms with Gasteiger partial charge in [0, 0.05) is 18.7 Å². The van der Waals surface area contributed by atoms with E-state index in [0.29, 0.717) is 12.5 Å². The topological polar surface area (TPSA) is 43.8 Å². The standard InChI is InChI=1S/C17H22FN3/c18-14-5-3-4-13(10-14)11-15(19)12-16-8-9-21(20-16)17-6-1-2-7-17/h3-5,8-10,15,17H,1-2,6-7,11-12,19H2. The van der Waals surface area contributed by atoms with Crippen LogP contribution in [0.4, 0.5) is 4.39 Å². The molecule has 0 saturated heterocycles. The summed E-state index contributed by atoms with van der Waals surface area (Å²) in [6.07, 6.45) is 8.55. The van der Waals surface area contributed by atoms with Gasteiger partial charge in [-0.25, -0.2) is 4.39 Å². The fourth-order valence-corrected chi connectivity index (χ4v) is 3.17. The van der Waals surface area contributed by atoms with E-state index < -0.39 is 0 Å². The van der Waals surface area contributed by atoms with Gasteiger partial charge in [-0.2, -0.15) is 5.10 Å². The Morgan fingerprint density at radius 2 is 2.05 bits per heavy atom. The summed E-state index contributed by atoms with van der Waals surface area (Å²) in [7, 11) is 0. The summed E-state index contributed by atoms with van der Waals surface area (Å²) in [6.45, 7) is 0. The van der Waals surface area contributed by atoms with Gasteiger partial charge in [-0.3, -0.25) is 4.68 Å². The molecular formula is C17H22FN3. The van der Waals surface area contributed by atoms with E-state index in [0.717, 1.165) is 17.7 Å². The first-order valence-corrected chi connectivity index (χ1v) is 7.75. The molecule has 0 amide bonds. The molecule has 1 fully saturated rings. The van der Waals surface area contributed by atoms with Crippen molar-refractivity contribution >= 4 is 0 Å². The normalized spacial score (nSPS) is 17.2. The van der Waals surface area contributed by atoms with Crippen molar-refractivity contribution < 1.29 is 4.39 Å². The molecule has 1 aliphatic carbocycles. The summed E-state index contributed by atoms with van der Waals surface area (Å²) in [5, 5.41) is 4.65. The van der Waals surface area contributed by atoms with Crippen LogP contribution in [0.1, 0.15) is 43.0 Å². The van der Waals surface area contributed by atoms with E-state index in [1.165, 1.54) is 31.7 Å². The third kappa shape index (κ3) is 3.70. The van der Waals surface area contributed by atoms with Gasteiger partial charge in [0.2, 0.25) is 0 Å². The minimum atomic E-state index is -0.204. The number of benzene rings is 1. The van der Waals surface area contributed by atoms with Crippen LogP contribution < -0.4 is 5.73 Å². The Morgan fingerprint density at radius 1 is 1.24 bits per heavy atom. The Hall–Kier alpha value is -1.68. The average molecular weight is 287 g/mol. The summed E-state index contributed by atoms with van der Waals surface area (Å²) >= 11 is 0. The highest BCUT2D eigenvalue weighted by Gasteiger charge is 2.18. The maximum absolute atomic E-state index is 13.2. The van der Waals surface area contributed by atoms with Crippen LogP contribution >= 0.6 is 0 Å². The SMILES string of the molecule is NC(Cc1cccc(F)c1)Cc1ccn(C2CCCC2)n1. The molecule has 1 saturated carbocycles. The van der Waals surface area contributed by atoms with Crippen molar-refractivity contribution in [3.05, 3.63) is 53.6 Å². The van der Waals surface area contributed by atoms with E-state index in [9.17, 15) is 4.39 Å². The second-order valence-electron chi connectivity index (χ2n) is 6.02. The Bertz CT molecular complexity index is 587. The summed E-state index contributed by atoms with van der Waals surface area (Å²) in [4.78, 5) is 0. The van der Waals surface area contributed by atoms with E-state index in [1.807, 2.05) is 6.07 Å². The van der Waals surface area contributed by atoms with Crippen molar-refractivity contribution in [3.8, 4) is 0 Å². The van der Waals surface area contributed by atoms with E-state index in [2.05, 4.69) is 22.0 Å². The van der Waals surface area contributed by atoms with Gasteiger partial charge in [0.1, 0.15) is 5.82 Å². The lowest BCUT2D eigenvalue weighted by Crippen LogP contribution is -2.26. The molecule has 1 aromatic heterocycles. The first-order chi connectivity index (χ1) is 10.2. The molecular weight excluding hydrogens is 265 g/mol. The summed E-state index contributed by atoms with van der Waals surface area (Å²) in [5.41, 5.74) is 8.15. The molecule has 1 aliphatic rings. The fourth-order valence-electron chi connectivity index (χ4n) is 3.17. The van der Waals surface area contributed by atoms with Crippen molar-refractivity contribution in [2.75, 3.05) is 0 Å². The minimum Gasteiger partial charge on any atom is -0.327 e. The fraction of sp³-hybridized carbons (Fsp3) is 0.471. The summed E-state index contributed by atoms with van der Waals surface area (Å²) < 4.78 is 15.3. The van der Waals surface area contributed by atoms with E-state index in [-0.39, 0.29) is 11.9 Å². The number of nitrogens with two attached hydrogens (primary N) is 1. The van der Waals surface area contributed by atoms with Crippen LogP contribution in [0.25, 0.3) is 0 Å². The number of rotatable bonds is 5. The Balaban J connectivity index is 1.58. The van der Waals surface area contributed by atoms with Crippen LogP contribution in [0.3, 0.4) is 0 Å². The number of halogens is 1. The van der Waals surface area contributed by atoms with E-state index >= 15 is 0 Å². The molecule has 3 nitrogen and oxygen atoms in total. The zero-order valence-electron chi connectivity index (χ0n) is 12.2. The zero-order valence-corrected chi connectivity index (χ0v) is 12.2. The van der Waals surface area contributed by atoms with Gasteiger partial charge in [0.15, 0.2) is 0 Å². The van der Waals surface area contributed by atoms with Crippen LogP contribution in [0.2, 0.25) is 0 Å². The van der Waals surface area contributed by atoms with Crippen LogP contribution in [-0.2, 0) is 12.8 Å². The van der Waals surface area contributed by atoms with Crippen molar-refractivity contribution in [2.24, 2.45) is 5.73 Å². The van der Waals surface area contributed by atoms with Crippen molar-refractivity contribution in [3.63, 3.8) is 0 Å². The van der Waals surface area contributed by atoms with Crippen LogP contribution in [0.15, 0.2) is 36.5 Å². The van der Waals surface area contributed by atoms with Gasteiger partial charge in [-0.1, -0.05) is 25.0 Å². The predicted molar refractivity (Wildman–Crippen MR) is 81.5 cm³/mol. The number of nitrogens with zero attached hydrogens (tertiary/aromatic N) is 2. The molecule has 2 aromatic rings. The highest BCUT2D eigenvalue weighted by molar-refractivity contribution is 5.18. The Labute approximate surface area is 125 Å². The molecule has 112 valence electrons. The second-order valence-corrected chi connectivity index (χ2v) is 6.02. The van der Waals surface area contributed by atoms with Gasteiger partial charge >= 0.3 is 0 Å². The van der Waals surface area contributed by atoms with Crippen LogP contribution in [0, 0.1) is 5.82 Å². The van der Waals surface area contributed by atoms with Gasteiger partial charge < -0.3 is 5.73 Å². The average Bonchev–Trinajstić information content (AvgIpc) is 3.08. The first kappa shape index (κ1) is 14.3. The zero-order chi connectivity index (χ0) is 14.7.